The van der Waals surface area contributed by atoms with Crippen LogP contribution in [0.1, 0.15) is 29.8 Å². The van der Waals surface area contributed by atoms with Crippen LogP contribution in [0.2, 0.25) is 0 Å². The van der Waals surface area contributed by atoms with Gasteiger partial charge in [-0.05, 0) is 62.4 Å². The summed E-state index contributed by atoms with van der Waals surface area (Å²) in [5.74, 6) is 0.373. The Morgan fingerprint density at radius 1 is 0.970 bits per heavy atom. The van der Waals surface area contributed by atoms with Crippen molar-refractivity contribution in [3.05, 3.63) is 89.7 Å². The molecule has 0 bridgehead atoms. The molecule has 5 nitrogen and oxygen atoms in total. The van der Waals surface area contributed by atoms with Crippen LogP contribution in [-0.2, 0) is 6.54 Å². The number of carbonyl (C=O) groups excluding carboxylic acids is 1. The van der Waals surface area contributed by atoms with Crippen LogP contribution in [0.25, 0.3) is 0 Å². The highest BCUT2D eigenvalue weighted by molar-refractivity contribution is 6.04. The van der Waals surface area contributed by atoms with E-state index in [1.54, 1.807) is 18.2 Å². The highest BCUT2D eigenvalue weighted by atomic mass is 19.1. The molecule has 172 valence electrons. The molecule has 1 amide bonds. The van der Waals surface area contributed by atoms with Gasteiger partial charge >= 0.3 is 0 Å². The largest absolute Gasteiger partial charge is 0.491 e. The number of hydrogen-bond donors (Lipinski definition) is 1. The lowest BCUT2D eigenvalue weighted by Gasteiger charge is -2.36. The lowest BCUT2D eigenvalue weighted by molar-refractivity contribution is 0.102. The number of hydrogen-bond acceptors (Lipinski definition) is 4. The van der Waals surface area contributed by atoms with E-state index in [-0.39, 0.29) is 17.8 Å². The Morgan fingerprint density at radius 2 is 1.70 bits per heavy atom. The van der Waals surface area contributed by atoms with Gasteiger partial charge in [0.05, 0.1) is 6.10 Å². The van der Waals surface area contributed by atoms with Gasteiger partial charge in [0.15, 0.2) is 0 Å². The van der Waals surface area contributed by atoms with Gasteiger partial charge < -0.3 is 15.0 Å². The molecule has 0 aromatic heterocycles. The van der Waals surface area contributed by atoms with Gasteiger partial charge in [0.1, 0.15) is 11.6 Å². The highest BCUT2D eigenvalue weighted by Crippen LogP contribution is 2.22. The molecule has 33 heavy (non-hydrogen) atoms. The summed E-state index contributed by atoms with van der Waals surface area (Å²) < 4.78 is 19.6. The van der Waals surface area contributed by atoms with Crippen LogP contribution in [0.5, 0.6) is 5.75 Å². The molecule has 0 saturated carbocycles. The molecule has 1 N–H and O–H groups in total. The molecule has 0 spiro atoms. The van der Waals surface area contributed by atoms with E-state index < -0.39 is 0 Å². The fourth-order valence-electron chi connectivity index (χ4n) is 3.97. The SMILES string of the molecule is CC(C)Oc1cccc(C(=O)Nc2ccc(N3CCN(Cc4ccccc4F)CC3)cc2)c1. The van der Waals surface area contributed by atoms with Crippen molar-refractivity contribution >= 4 is 17.3 Å². The van der Waals surface area contributed by atoms with Crippen molar-refractivity contribution in [3.8, 4) is 5.75 Å². The fourth-order valence-corrected chi connectivity index (χ4v) is 3.97. The zero-order valence-corrected chi connectivity index (χ0v) is 19.1. The number of carbonyl (C=O) groups is 1. The Morgan fingerprint density at radius 3 is 2.39 bits per heavy atom. The third-order valence-electron chi connectivity index (χ3n) is 5.68. The zero-order valence-electron chi connectivity index (χ0n) is 19.1. The molecular weight excluding hydrogens is 417 g/mol. The molecule has 3 aromatic rings. The van der Waals surface area contributed by atoms with Crippen molar-refractivity contribution in [3.63, 3.8) is 0 Å². The van der Waals surface area contributed by atoms with Crippen molar-refractivity contribution in [2.24, 2.45) is 0 Å². The minimum Gasteiger partial charge on any atom is -0.491 e. The zero-order chi connectivity index (χ0) is 23.2. The summed E-state index contributed by atoms with van der Waals surface area (Å²) >= 11 is 0. The summed E-state index contributed by atoms with van der Waals surface area (Å²) in [6.07, 6.45) is 0.0530. The number of rotatable bonds is 7. The number of benzene rings is 3. The third kappa shape index (κ3) is 6.11. The number of piperazine rings is 1. The van der Waals surface area contributed by atoms with Crippen LogP contribution in [0.3, 0.4) is 0 Å². The maximum absolute atomic E-state index is 13.9. The first kappa shape index (κ1) is 22.8. The Hall–Kier alpha value is -3.38. The molecule has 1 aliphatic rings. The van der Waals surface area contributed by atoms with E-state index in [4.69, 9.17) is 4.74 Å². The van der Waals surface area contributed by atoms with Crippen LogP contribution < -0.4 is 15.0 Å². The van der Waals surface area contributed by atoms with Crippen LogP contribution in [0, 0.1) is 5.82 Å². The average molecular weight is 448 g/mol. The first-order valence-corrected chi connectivity index (χ1v) is 11.4. The lowest BCUT2D eigenvalue weighted by Crippen LogP contribution is -2.46. The minimum absolute atomic E-state index is 0.0530. The molecular formula is C27H30FN3O2. The average Bonchev–Trinajstić information content (AvgIpc) is 2.81. The van der Waals surface area contributed by atoms with Gasteiger partial charge in [-0.25, -0.2) is 4.39 Å². The van der Waals surface area contributed by atoms with Crippen molar-refractivity contribution in [2.75, 3.05) is 36.4 Å². The number of nitrogens with zero attached hydrogens (tertiary/aromatic N) is 2. The van der Waals surface area contributed by atoms with Crippen molar-refractivity contribution in [1.29, 1.82) is 0 Å². The normalized spacial score (nSPS) is 14.4. The van der Waals surface area contributed by atoms with E-state index in [0.29, 0.717) is 17.9 Å². The second-order valence-electron chi connectivity index (χ2n) is 8.55. The maximum atomic E-state index is 13.9. The molecule has 0 aliphatic carbocycles. The maximum Gasteiger partial charge on any atom is 0.255 e. The minimum atomic E-state index is -0.168. The van der Waals surface area contributed by atoms with Crippen LogP contribution in [0.15, 0.2) is 72.8 Å². The van der Waals surface area contributed by atoms with E-state index in [0.717, 1.165) is 43.1 Å². The van der Waals surface area contributed by atoms with Gasteiger partial charge in [-0.15, -0.1) is 0 Å². The van der Waals surface area contributed by atoms with Gasteiger partial charge in [0.25, 0.3) is 5.91 Å². The standard InChI is InChI=1S/C27H30FN3O2/c1-20(2)33-25-8-5-7-21(18-25)27(32)29-23-10-12-24(13-11-23)31-16-14-30(15-17-31)19-22-6-3-4-9-26(22)28/h3-13,18,20H,14-17,19H2,1-2H3,(H,29,32). The highest BCUT2D eigenvalue weighted by Gasteiger charge is 2.18. The number of halogens is 1. The Balaban J connectivity index is 1.31. The van der Waals surface area contributed by atoms with Crippen LogP contribution in [-0.4, -0.2) is 43.1 Å². The topological polar surface area (TPSA) is 44.8 Å². The number of anilines is 2. The van der Waals surface area contributed by atoms with E-state index in [1.165, 1.54) is 6.07 Å². The number of ether oxygens (including phenoxy) is 1. The molecule has 4 rings (SSSR count). The van der Waals surface area contributed by atoms with Gasteiger partial charge in [-0.3, -0.25) is 9.69 Å². The molecule has 0 radical (unpaired) electrons. The molecule has 1 heterocycles. The summed E-state index contributed by atoms with van der Waals surface area (Å²) in [4.78, 5) is 17.2. The second-order valence-corrected chi connectivity index (χ2v) is 8.55. The van der Waals surface area contributed by atoms with Crippen LogP contribution in [0.4, 0.5) is 15.8 Å². The molecule has 6 heteroatoms. The predicted octanol–water partition coefficient (Wildman–Crippen LogP) is 5.19. The van der Waals surface area contributed by atoms with E-state index >= 15 is 0 Å². The van der Waals surface area contributed by atoms with Crippen molar-refractivity contribution < 1.29 is 13.9 Å². The van der Waals surface area contributed by atoms with Crippen LogP contribution >= 0.6 is 0 Å². The third-order valence-corrected chi connectivity index (χ3v) is 5.68. The first-order chi connectivity index (χ1) is 16.0. The monoisotopic (exact) mass is 447 g/mol. The second kappa shape index (κ2) is 10.5. The Kier molecular flexibility index (Phi) is 7.25. The predicted molar refractivity (Wildman–Crippen MR) is 130 cm³/mol. The molecule has 1 fully saturated rings. The van der Waals surface area contributed by atoms with E-state index in [9.17, 15) is 9.18 Å². The summed E-state index contributed by atoms with van der Waals surface area (Å²) in [7, 11) is 0. The lowest BCUT2D eigenvalue weighted by atomic mass is 10.1. The summed E-state index contributed by atoms with van der Waals surface area (Å²) in [5, 5.41) is 2.95. The summed E-state index contributed by atoms with van der Waals surface area (Å²) in [6, 6.07) is 22.1. The Labute approximate surface area is 194 Å². The molecule has 1 aliphatic heterocycles. The number of nitrogens with one attached hydrogen (secondary N) is 1. The van der Waals surface area contributed by atoms with Crippen molar-refractivity contribution in [2.45, 2.75) is 26.5 Å². The molecule has 1 saturated heterocycles. The molecule has 3 aromatic carbocycles. The summed E-state index contributed by atoms with van der Waals surface area (Å²) in [6.45, 7) is 8.05. The fraction of sp³-hybridized carbons (Fsp3) is 0.296. The van der Waals surface area contributed by atoms with Gasteiger partial charge in [0.2, 0.25) is 0 Å². The van der Waals surface area contributed by atoms with Crippen molar-refractivity contribution in [1.82, 2.24) is 4.90 Å². The smallest absolute Gasteiger partial charge is 0.255 e. The van der Waals surface area contributed by atoms with E-state index in [2.05, 4.69) is 15.1 Å². The number of amides is 1. The molecule has 0 unspecified atom stereocenters. The van der Waals surface area contributed by atoms with Gasteiger partial charge in [-0.1, -0.05) is 24.3 Å². The Bertz CT molecular complexity index is 1080. The van der Waals surface area contributed by atoms with E-state index in [1.807, 2.05) is 62.4 Å². The van der Waals surface area contributed by atoms with Gasteiger partial charge in [-0.2, -0.15) is 0 Å². The van der Waals surface area contributed by atoms with Gasteiger partial charge in [0, 0.05) is 55.2 Å². The quantitative estimate of drug-likeness (QED) is 0.542. The first-order valence-electron chi connectivity index (χ1n) is 11.4. The summed E-state index contributed by atoms with van der Waals surface area (Å²) in [5.41, 5.74) is 3.17. The molecule has 0 atom stereocenters.